The molecule has 1 heterocycles. The molecule has 0 bridgehead atoms. The van der Waals surface area contributed by atoms with Gasteiger partial charge in [0.15, 0.2) is 5.96 Å². The number of rotatable bonds is 5. The third kappa shape index (κ3) is 4.40. The van der Waals surface area contributed by atoms with Crippen LogP contribution in [0.15, 0.2) is 29.3 Å². The van der Waals surface area contributed by atoms with E-state index >= 15 is 0 Å². The number of nitrogens with one attached hydrogen (secondary N) is 2. The summed E-state index contributed by atoms with van der Waals surface area (Å²) in [4.78, 5) is 6.64. The zero-order valence-electron chi connectivity index (χ0n) is 14.8. The van der Waals surface area contributed by atoms with Crippen molar-refractivity contribution in [3.05, 3.63) is 30.1 Å². The first-order chi connectivity index (χ1) is 11.7. The van der Waals surface area contributed by atoms with Gasteiger partial charge in [-0.1, -0.05) is 19.4 Å². The highest BCUT2D eigenvalue weighted by atomic mass is 19.1. The van der Waals surface area contributed by atoms with Crippen LogP contribution in [0.25, 0.3) is 0 Å². The third-order valence-corrected chi connectivity index (χ3v) is 5.14. The SMILES string of the molecule is CCCC1CC1NC(=NC)NC1CCN(c2cccc(F)c2)CC1. The van der Waals surface area contributed by atoms with Crippen LogP contribution in [-0.4, -0.2) is 38.2 Å². The minimum atomic E-state index is -0.164. The lowest BCUT2D eigenvalue weighted by molar-refractivity contribution is 0.460. The topological polar surface area (TPSA) is 39.7 Å². The van der Waals surface area contributed by atoms with Crippen molar-refractivity contribution in [3.8, 4) is 0 Å². The first-order valence-electron chi connectivity index (χ1n) is 9.20. The van der Waals surface area contributed by atoms with Gasteiger partial charge in [-0.15, -0.1) is 0 Å². The van der Waals surface area contributed by atoms with E-state index in [2.05, 4.69) is 27.4 Å². The van der Waals surface area contributed by atoms with Gasteiger partial charge in [0.05, 0.1) is 0 Å². The number of piperidine rings is 1. The molecule has 1 aliphatic carbocycles. The van der Waals surface area contributed by atoms with Crippen molar-refractivity contribution in [1.82, 2.24) is 10.6 Å². The molecule has 2 N–H and O–H groups in total. The molecule has 2 unspecified atom stereocenters. The van der Waals surface area contributed by atoms with Gasteiger partial charge < -0.3 is 15.5 Å². The fourth-order valence-corrected chi connectivity index (χ4v) is 3.61. The summed E-state index contributed by atoms with van der Waals surface area (Å²) in [5.41, 5.74) is 0.983. The second-order valence-electron chi connectivity index (χ2n) is 6.99. The molecule has 132 valence electrons. The quantitative estimate of drug-likeness (QED) is 0.643. The van der Waals surface area contributed by atoms with Gasteiger partial charge in [-0.2, -0.15) is 0 Å². The highest BCUT2D eigenvalue weighted by molar-refractivity contribution is 5.80. The molecule has 0 radical (unpaired) electrons. The molecule has 1 aromatic carbocycles. The van der Waals surface area contributed by atoms with Crippen LogP contribution in [0.5, 0.6) is 0 Å². The van der Waals surface area contributed by atoms with Crippen molar-refractivity contribution in [2.45, 2.75) is 51.1 Å². The molecule has 1 saturated carbocycles. The maximum absolute atomic E-state index is 13.4. The minimum Gasteiger partial charge on any atom is -0.371 e. The van der Waals surface area contributed by atoms with E-state index in [1.165, 1.54) is 25.3 Å². The van der Waals surface area contributed by atoms with Crippen LogP contribution in [0.2, 0.25) is 0 Å². The summed E-state index contributed by atoms with van der Waals surface area (Å²) in [5.74, 6) is 1.59. The van der Waals surface area contributed by atoms with Crippen LogP contribution < -0.4 is 15.5 Å². The average molecular weight is 332 g/mol. The monoisotopic (exact) mass is 332 g/mol. The van der Waals surface area contributed by atoms with Gasteiger partial charge in [-0.05, 0) is 49.8 Å². The maximum Gasteiger partial charge on any atom is 0.191 e. The highest BCUT2D eigenvalue weighted by Crippen LogP contribution is 2.34. The Morgan fingerprint density at radius 1 is 1.29 bits per heavy atom. The normalized spacial score (nSPS) is 24.8. The van der Waals surface area contributed by atoms with Gasteiger partial charge in [0.2, 0.25) is 0 Å². The number of guanidine groups is 1. The molecule has 3 rings (SSSR count). The summed E-state index contributed by atoms with van der Waals surface area (Å²) in [6, 6.07) is 7.92. The van der Waals surface area contributed by atoms with Crippen molar-refractivity contribution in [1.29, 1.82) is 0 Å². The van der Waals surface area contributed by atoms with E-state index in [4.69, 9.17) is 0 Å². The lowest BCUT2D eigenvalue weighted by atomic mass is 10.0. The van der Waals surface area contributed by atoms with Crippen LogP contribution in [0.1, 0.15) is 39.0 Å². The predicted octanol–water partition coefficient (Wildman–Crippen LogP) is 3.15. The first kappa shape index (κ1) is 17.1. The Kier molecular flexibility index (Phi) is 5.59. The van der Waals surface area contributed by atoms with Crippen molar-refractivity contribution in [2.24, 2.45) is 10.9 Å². The molecule has 4 nitrogen and oxygen atoms in total. The Balaban J connectivity index is 1.44. The highest BCUT2D eigenvalue weighted by Gasteiger charge is 2.36. The Morgan fingerprint density at radius 3 is 2.75 bits per heavy atom. The summed E-state index contributed by atoms with van der Waals surface area (Å²) in [6.07, 6.45) is 5.92. The molecular weight excluding hydrogens is 303 g/mol. The number of hydrogen-bond donors (Lipinski definition) is 2. The molecule has 1 saturated heterocycles. The lowest BCUT2D eigenvalue weighted by Crippen LogP contribution is -2.49. The van der Waals surface area contributed by atoms with E-state index in [0.29, 0.717) is 12.1 Å². The van der Waals surface area contributed by atoms with E-state index in [1.54, 1.807) is 12.1 Å². The fourth-order valence-electron chi connectivity index (χ4n) is 3.61. The summed E-state index contributed by atoms with van der Waals surface area (Å²) < 4.78 is 13.4. The summed E-state index contributed by atoms with van der Waals surface area (Å²) in [7, 11) is 1.84. The van der Waals surface area contributed by atoms with Gasteiger partial charge in [-0.25, -0.2) is 4.39 Å². The van der Waals surface area contributed by atoms with E-state index in [9.17, 15) is 4.39 Å². The van der Waals surface area contributed by atoms with Crippen LogP contribution in [-0.2, 0) is 0 Å². The lowest BCUT2D eigenvalue weighted by Gasteiger charge is -2.34. The van der Waals surface area contributed by atoms with E-state index in [0.717, 1.165) is 43.5 Å². The average Bonchev–Trinajstić information content (AvgIpc) is 3.33. The van der Waals surface area contributed by atoms with Crippen LogP contribution in [0.3, 0.4) is 0 Å². The molecule has 0 amide bonds. The smallest absolute Gasteiger partial charge is 0.191 e. The van der Waals surface area contributed by atoms with E-state index in [1.807, 2.05) is 13.1 Å². The number of hydrogen-bond acceptors (Lipinski definition) is 2. The van der Waals surface area contributed by atoms with E-state index in [-0.39, 0.29) is 5.82 Å². The number of anilines is 1. The largest absolute Gasteiger partial charge is 0.371 e. The third-order valence-electron chi connectivity index (χ3n) is 5.14. The molecule has 1 aromatic rings. The van der Waals surface area contributed by atoms with E-state index < -0.39 is 0 Å². The number of benzene rings is 1. The molecular formula is C19H29FN4. The van der Waals surface area contributed by atoms with Gasteiger partial charge in [0.25, 0.3) is 0 Å². The van der Waals surface area contributed by atoms with Crippen LogP contribution in [0.4, 0.5) is 10.1 Å². The Hall–Kier alpha value is -1.78. The first-order valence-corrected chi connectivity index (χ1v) is 9.20. The molecule has 2 aliphatic rings. The number of halogens is 1. The molecule has 5 heteroatoms. The zero-order valence-corrected chi connectivity index (χ0v) is 14.8. The fraction of sp³-hybridized carbons (Fsp3) is 0.632. The second kappa shape index (κ2) is 7.86. The molecule has 1 aliphatic heterocycles. The van der Waals surface area contributed by atoms with Crippen molar-refractivity contribution >= 4 is 11.6 Å². The predicted molar refractivity (Wildman–Crippen MR) is 98.1 cm³/mol. The molecule has 0 spiro atoms. The Bertz CT molecular complexity index is 566. The molecule has 24 heavy (non-hydrogen) atoms. The zero-order chi connectivity index (χ0) is 16.9. The molecule has 2 atom stereocenters. The molecule has 2 fully saturated rings. The Morgan fingerprint density at radius 2 is 2.08 bits per heavy atom. The number of aliphatic imine (C=N–C) groups is 1. The summed E-state index contributed by atoms with van der Waals surface area (Å²) in [6.45, 7) is 4.13. The maximum atomic E-state index is 13.4. The standard InChI is InChI=1S/C19H29FN4/c1-3-5-14-12-18(14)23-19(21-2)22-16-8-10-24(11-9-16)17-7-4-6-15(20)13-17/h4,6-7,13-14,16,18H,3,5,8-12H2,1-2H3,(H2,21,22,23). The van der Waals surface area contributed by atoms with Crippen molar-refractivity contribution in [3.63, 3.8) is 0 Å². The van der Waals surface area contributed by atoms with Gasteiger partial charge >= 0.3 is 0 Å². The van der Waals surface area contributed by atoms with Crippen molar-refractivity contribution in [2.75, 3.05) is 25.0 Å². The van der Waals surface area contributed by atoms with Gasteiger partial charge in [-0.3, -0.25) is 4.99 Å². The Labute approximate surface area is 144 Å². The minimum absolute atomic E-state index is 0.164. The van der Waals surface area contributed by atoms with Crippen LogP contribution >= 0.6 is 0 Å². The summed E-state index contributed by atoms with van der Waals surface area (Å²) in [5, 5.41) is 7.11. The number of nitrogens with zero attached hydrogens (tertiary/aromatic N) is 2. The molecule has 0 aromatic heterocycles. The van der Waals surface area contributed by atoms with Crippen molar-refractivity contribution < 1.29 is 4.39 Å². The van der Waals surface area contributed by atoms with Gasteiger partial charge in [0.1, 0.15) is 5.82 Å². The summed E-state index contributed by atoms with van der Waals surface area (Å²) >= 11 is 0. The second-order valence-corrected chi connectivity index (χ2v) is 6.99. The van der Waals surface area contributed by atoms with Crippen LogP contribution in [0, 0.1) is 11.7 Å². The van der Waals surface area contributed by atoms with Gasteiger partial charge in [0, 0.05) is 37.9 Å².